The van der Waals surface area contributed by atoms with Gasteiger partial charge in [-0.2, -0.15) is 0 Å². The van der Waals surface area contributed by atoms with Crippen LogP contribution in [-0.2, 0) is 25.9 Å². The number of ether oxygens (including phenoxy) is 2. The molecule has 4 heterocycles. The van der Waals surface area contributed by atoms with Crippen molar-refractivity contribution in [2.45, 2.75) is 169 Å². The lowest BCUT2D eigenvalue weighted by molar-refractivity contribution is -0.0599. The molecule has 60 heavy (non-hydrogen) atoms. The van der Waals surface area contributed by atoms with Crippen molar-refractivity contribution in [1.29, 1.82) is 0 Å². The SMILES string of the molecule is CC(C)=CCC/C(C)=C/CC[C@@]1(C)Oc2c(c(O)cc3c2CN(CCCCN2Cc4c(cc(O)c5c4O[C@](C)(CC/C=C(\C)CCC=C(C)C)[C@H](O)C5)C2=O)C3=O)C[C@H]1O. The number of aromatic hydroxyl groups is 2. The summed E-state index contributed by atoms with van der Waals surface area (Å²) in [6, 6.07) is 3.03. The first-order valence-corrected chi connectivity index (χ1v) is 22.1. The molecular weight excluding hydrogens is 757 g/mol. The number of unbranched alkanes of at least 4 members (excludes halogenated alkanes) is 1. The van der Waals surface area contributed by atoms with E-state index >= 15 is 0 Å². The third kappa shape index (κ3) is 9.81. The molecule has 2 aromatic carbocycles. The van der Waals surface area contributed by atoms with Crippen LogP contribution < -0.4 is 9.47 Å². The summed E-state index contributed by atoms with van der Waals surface area (Å²) in [6.07, 6.45) is 15.7. The fraction of sp³-hybridized carbons (Fsp3) is 0.560. The number of rotatable bonds is 17. The highest BCUT2D eigenvalue weighted by molar-refractivity contribution is 6.00. The third-order valence-corrected chi connectivity index (χ3v) is 13.1. The Labute approximate surface area is 357 Å². The van der Waals surface area contributed by atoms with Crippen LogP contribution in [-0.4, -0.2) is 78.5 Å². The molecule has 4 aliphatic heterocycles. The van der Waals surface area contributed by atoms with Gasteiger partial charge in [-0.25, -0.2) is 0 Å². The molecule has 0 bridgehead atoms. The van der Waals surface area contributed by atoms with Gasteiger partial charge in [0.15, 0.2) is 0 Å². The molecule has 4 aliphatic rings. The number of carbonyl (C=O) groups excluding carboxylic acids is 2. The second-order valence-electron chi connectivity index (χ2n) is 18.7. The molecule has 4 N–H and O–H groups in total. The molecule has 326 valence electrons. The van der Waals surface area contributed by atoms with E-state index in [2.05, 4.69) is 65.8 Å². The fourth-order valence-electron chi connectivity index (χ4n) is 9.08. The van der Waals surface area contributed by atoms with Gasteiger partial charge in [0.2, 0.25) is 0 Å². The van der Waals surface area contributed by atoms with Crippen LogP contribution in [0.15, 0.2) is 58.7 Å². The largest absolute Gasteiger partial charge is 0.508 e. The van der Waals surface area contributed by atoms with Gasteiger partial charge in [-0.05, 0) is 132 Å². The van der Waals surface area contributed by atoms with Gasteiger partial charge in [0.05, 0.1) is 36.4 Å². The minimum Gasteiger partial charge on any atom is -0.508 e. The highest BCUT2D eigenvalue weighted by Crippen LogP contribution is 2.48. The third-order valence-electron chi connectivity index (χ3n) is 13.1. The van der Waals surface area contributed by atoms with Gasteiger partial charge in [-0.1, -0.05) is 46.6 Å². The number of benzene rings is 2. The van der Waals surface area contributed by atoms with E-state index in [-0.39, 0.29) is 36.2 Å². The van der Waals surface area contributed by atoms with E-state index in [0.29, 0.717) is 85.6 Å². The lowest BCUT2D eigenvalue weighted by Crippen LogP contribution is -2.49. The molecule has 0 spiro atoms. The number of hydrogen-bond donors (Lipinski definition) is 4. The Morgan fingerprint density at radius 1 is 0.633 bits per heavy atom. The van der Waals surface area contributed by atoms with Crippen molar-refractivity contribution in [2.75, 3.05) is 13.1 Å². The molecule has 2 aromatic rings. The molecular formula is C50H68N2O8. The van der Waals surface area contributed by atoms with Crippen LogP contribution in [0.2, 0.25) is 0 Å². The summed E-state index contributed by atoms with van der Waals surface area (Å²) in [5.41, 5.74) is 6.90. The fourth-order valence-corrected chi connectivity index (χ4v) is 9.08. The van der Waals surface area contributed by atoms with Gasteiger partial charge in [0, 0.05) is 48.2 Å². The predicted octanol–water partition coefficient (Wildman–Crippen LogP) is 9.54. The second kappa shape index (κ2) is 18.6. The number of nitrogens with zero attached hydrogens (tertiary/aromatic N) is 2. The summed E-state index contributed by atoms with van der Waals surface area (Å²) in [7, 11) is 0. The van der Waals surface area contributed by atoms with Crippen LogP contribution >= 0.6 is 0 Å². The number of fused-ring (bicyclic) bond motifs is 6. The molecule has 0 saturated heterocycles. The standard InChI is InChI=1S/C50H68N2O8/c1-31(2)15-11-17-33(5)19-13-21-49(7)43(55)27-37-41(53)25-35-39(45(37)59-49)29-51(47(35)57)23-9-10-24-52-30-40-36(48(52)58)26-42(54)38-28-44(56)50(8,60-46(38)40)22-14-20-34(6)18-12-16-32(3)4/h15-16,19-20,25-26,43-44,53-56H,9-14,17-18,21-24,27-30H2,1-8H3/b33-19+,34-20+/t43-,44-,49-,50-/m1/s1. The summed E-state index contributed by atoms with van der Waals surface area (Å²) in [6.45, 7) is 18.1. The van der Waals surface area contributed by atoms with Crippen molar-refractivity contribution in [3.05, 3.63) is 92.1 Å². The number of phenols is 2. The maximum Gasteiger partial charge on any atom is 0.254 e. The van der Waals surface area contributed by atoms with Gasteiger partial charge in [0.1, 0.15) is 34.2 Å². The molecule has 6 rings (SSSR count). The zero-order chi connectivity index (χ0) is 43.5. The zero-order valence-corrected chi connectivity index (χ0v) is 37.2. The first-order chi connectivity index (χ1) is 28.4. The van der Waals surface area contributed by atoms with Crippen LogP contribution in [0.1, 0.15) is 163 Å². The van der Waals surface area contributed by atoms with Crippen molar-refractivity contribution in [2.24, 2.45) is 0 Å². The first kappa shape index (κ1) is 45.0. The first-order valence-electron chi connectivity index (χ1n) is 22.1. The number of amides is 2. The number of allylic oxidation sites excluding steroid dienone is 8. The molecule has 0 aliphatic carbocycles. The maximum absolute atomic E-state index is 13.7. The summed E-state index contributed by atoms with van der Waals surface area (Å²) in [5.74, 6) is 0.615. The van der Waals surface area contributed by atoms with Crippen LogP contribution in [0.4, 0.5) is 0 Å². The monoisotopic (exact) mass is 824 g/mol. The maximum atomic E-state index is 13.7. The smallest absolute Gasteiger partial charge is 0.254 e. The van der Waals surface area contributed by atoms with Crippen molar-refractivity contribution < 1.29 is 39.5 Å². The van der Waals surface area contributed by atoms with Crippen LogP contribution in [0.25, 0.3) is 0 Å². The number of hydrogen-bond acceptors (Lipinski definition) is 8. The van der Waals surface area contributed by atoms with Crippen molar-refractivity contribution in [3.8, 4) is 23.0 Å². The Morgan fingerprint density at radius 3 is 1.38 bits per heavy atom. The molecule has 0 fully saturated rings. The summed E-state index contributed by atoms with van der Waals surface area (Å²) >= 11 is 0. The minimum atomic E-state index is -0.872. The quantitative estimate of drug-likeness (QED) is 0.0914. The van der Waals surface area contributed by atoms with E-state index < -0.39 is 23.4 Å². The number of aliphatic hydroxyl groups excluding tert-OH is 2. The van der Waals surface area contributed by atoms with Crippen molar-refractivity contribution >= 4 is 11.8 Å². The van der Waals surface area contributed by atoms with Crippen LogP contribution in [0.3, 0.4) is 0 Å². The average molecular weight is 825 g/mol. The van der Waals surface area contributed by atoms with Crippen LogP contribution in [0.5, 0.6) is 23.0 Å². The number of aliphatic hydroxyl groups is 2. The van der Waals surface area contributed by atoms with E-state index in [1.54, 1.807) is 9.80 Å². The Hall–Kier alpha value is -4.54. The predicted molar refractivity (Wildman–Crippen MR) is 236 cm³/mol. The van der Waals surface area contributed by atoms with E-state index in [0.717, 1.165) is 49.7 Å². The zero-order valence-electron chi connectivity index (χ0n) is 37.2. The normalized spacial score (nSPS) is 23.4. The topological polar surface area (TPSA) is 140 Å². The average Bonchev–Trinajstić information content (AvgIpc) is 3.66. The molecule has 0 aromatic heterocycles. The van der Waals surface area contributed by atoms with Gasteiger partial charge < -0.3 is 39.7 Å². The molecule has 10 heteroatoms. The molecule has 0 radical (unpaired) electrons. The second-order valence-corrected chi connectivity index (χ2v) is 18.7. The van der Waals surface area contributed by atoms with Crippen molar-refractivity contribution in [1.82, 2.24) is 9.80 Å². The van der Waals surface area contributed by atoms with Gasteiger partial charge in [-0.3, -0.25) is 9.59 Å². The molecule has 4 atom stereocenters. The van der Waals surface area contributed by atoms with Gasteiger partial charge in [0.25, 0.3) is 11.8 Å². The summed E-state index contributed by atoms with van der Waals surface area (Å²) in [5, 5.41) is 44.4. The number of carbonyl (C=O) groups is 2. The van der Waals surface area contributed by atoms with Crippen molar-refractivity contribution in [3.63, 3.8) is 0 Å². The Kier molecular flexibility index (Phi) is 14.0. The Morgan fingerprint density at radius 2 is 1.02 bits per heavy atom. The number of phenolic OH excluding ortho intramolecular Hbond substituents is 2. The molecule has 2 amide bonds. The van der Waals surface area contributed by atoms with E-state index in [4.69, 9.17) is 9.47 Å². The van der Waals surface area contributed by atoms with Crippen LogP contribution in [0, 0.1) is 0 Å². The summed E-state index contributed by atoms with van der Waals surface area (Å²) < 4.78 is 13.2. The van der Waals surface area contributed by atoms with E-state index in [1.165, 1.54) is 34.4 Å². The molecule has 0 saturated carbocycles. The lowest BCUT2D eigenvalue weighted by atomic mass is 9.84. The van der Waals surface area contributed by atoms with Gasteiger partial charge in [-0.15, -0.1) is 0 Å². The van der Waals surface area contributed by atoms with E-state index in [9.17, 15) is 30.0 Å². The highest BCUT2D eigenvalue weighted by atomic mass is 16.5. The molecule has 10 nitrogen and oxygen atoms in total. The Balaban J connectivity index is 1.05. The van der Waals surface area contributed by atoms with Gasteiger partial charge >= 0.3 is 0 Å². The van der Waals surface area contributed by atoms with E-state index in [1.807, 2.05) is 13.8 Å². The summed E-state index contributed by atoms with van der Waals surface area (Å²) in [4.78, 5) is 30.9. The lowest BCUT2D eigenvalue weighted by Gasteiger charge is -2.41. The highest BCUT2D eigenvalue weighted by Gasteiger charge is 2.46. The Bertz CT molecular complexity index is 1940. The molecule has 0 unspecified atom stereocenters. The minimum absolute atomic E-state index is 0.0353.